The topological polar surface area (TPSA) is 94.8 Å². The van der Waals surface area contributed by atoms with Gasteiger partial charge in [-0.25, -0.2) is 5.01 Å². The molecule has 1 aromatic carbocycles. The van der Waals surface area contributed by atoms with Gasteiger partial charge < -0.3 is 14.2 Å². The highest BCUT2D eigenvalue weighted by molar-refractivity contribution is 6.01. The fourth-order valence-electron chi connectivity index (χ4n) is 2.96. The third-order valence-electron chi connectivity index (χ3n) is 4.30. The lowest BCUT2D eigenvalue weighted by Crippen LogP contribution is -2.32. The van der Waals surface area contributed by atoms with Crippen molar-refractivity contribution in [3.63, 3.8) is 0 Å². The molecule has 7 nitrogen and oxygen atoms in total. The Morgan fingerprint density at radius 2 is 1.96 bits per heavy atom. The lowest BCUT2D eigenvalue weighted by atomic mass is 10.1. The second-order valence-electron chi connectivity index (χ2n) is 6.04. The molecule has 0 fully saturated rings. The normalized spacial score (nSPS) is 16.0. The Morgan fingerprint density at radius 1 is 1.19 bits per heavy atom. The molecule has 7 heteroatoms. The van der Waals surface area contributed by atoms with Gasteiger partial charge in [0.25, 0.3) is 5.91 Å². The molecule has 0 unspecified atom stereocenters. The van der Waals surface area contributed by atoms with Crippen LogP contribution in [0.25, 0.3) is 0 Å². The number of hydrazone groups is 1. The van der Waals surface area contributed by atoms with Gasteiger partial charge in [0.1, 0.15) is 23.3 Å². The Kier molecular flexibility index (Phi) is 4.45. The number of furan rings is 2. The molecule has 0 spiro atoms. The molecule has 1 atom stereocenters. The monoisotopic (exact) mass is 360 g/mol. The minimum atomic E-state index is -0.310. The van der Waals surface area contributed by atoms with E-state index in [4.69, 9.17) is 14.1 Å². The van der Waals surface area contributed by atoms with Gasteiger partial charge in [0.15, 0.2) is 0 Å². The maximum Gasteiger partial charge on any atom is 0.262 e. The highest BCUT2D eigenvalue weighted by Crippen LogP contribution is 2.33. The summed E-state index contributed by atoms with van der Waals surface area (Å²) in [6.45, 7) is 0.0675. The van der Waals surface area contributed by atoms with Gasteiger partial charge in [0.05, 0.1) is 30.7 Å². The molecule has 1 aliphatic rings. The fourth-order valence-corrected chi connectivity index (χ4v) is 2.96. The standard InChI is InChI=1S/C20H16N4O3/c21-12-14-5-7-15(8-6-14)22-13-20(25)24-17(19-4-2-10-27-19)11-16(23-24)18-3-1-9-26-18/h1-10,17,22H,11,13H2/t17-/m0/s1. The number of rotatable bonds is 5. The molecule has 2 aromatic heterocycles. The van der Waals surface area contributed by atoms with Gasteiger partial charge in [0, 0.05) is 12.1 Å². The summed E-state index contributed by atoms with van der Waals surface area (Å²) in [6, 6.07) is 15.9. The Labute approximate surface area is 155 Å². The van der Waals surface area contributed by atoms with Crippen LogP contribution < -0.4 is 5.32 Å². The van der Waals surface area contributed by atoms with Crippen LogP contribution in [0.1, 0.15) is 29.5 Å². The summed E-state index contributed by atoms with van der Waals surface area (Å²) in [4.78, 5) is 12.8. The van der Waals surface area contributed by atoms with Crippen molar-refractivity contribution in [2.75, 3.05) is 11.9 Å². The summed E-state index contributed by atoms with van der Waals surface area (Å²) in [5.41, 5.74) is 2.02. The molecule has 0 aliphatic carbocycles. The van der Waals surface area contributed by atoms with E-state index in [-0.39, 0.29) is 18.5 Å². The number of hydrogen-bond acceptors (Lipinski definition) is 6. The predicted octanol–water partition coefficient (Wildman–Crippen LogP) is 3.53. The van der Waals surface area contributed by atoms with Crippen molar-refractivity contribution >= 4 is 17.3 Å². The van der Waals surface area contributed by atoms with Gasteiger partial charge in [-0.05, 0) is 48.5 Å². The van der Waals surface area contributed by atoms with Gasteiger partial charge in [-0.1, -0.05) is 0 Å². The van der Waals surface area contributed by atoms with Crippen molar-refractivity contribution in [3.05, 3.63) is 78.1 Å². The van der Waals surface area contributed by atoms with Crippen molar-refractivity contribution in [1.29, 1.82) is 5.26 Å². The quantitative estimate of drug-likeness (QED) is 0.751. The minimum Gasteiger partial charge on any atom is -0.467 e. The zero-order valence-corrected chi connectivity index (χ0v) is 14.3. The number of anilines is 1. The summed E-state index contributed by atoms with van der Waals surface area (Å²) in [6.07, 6.45) is 3.68. The van der Waals surface area contributed by atoms with Crippen LogP contribution in [-0.4, -0.2) is 23.2 Å². The molecule has 0 saturated carbocycles. The first-order valence-electron chi connectivity index (χ1n) is 8.45. The van der Waals surface area contributed by atoms with E-state index in [0.717, 1.165) is 5.69 Å². The molecule has 0 saturated heterocycles. The van der Waals surface area contributed by atoms with E-state index >= 15 is 0 Å². The number of nitrogens with zero attached hydrogens (tertiary/aromatic N) is 3. The molecule has 4 rings (SSSR count). The third kappa shape index (κ3) is 3.46. The second kappa shape index (κ2) is 7.22. The van der Waals surface area contributed by atoms with Crippen LogP contribution in [-0.2, 0) is 4.79 Å². The molecule has 134 valence electrons. The molecule has 0 radical (unpaired) electrons. The van der Waals surface area contributed by atoms with Crippen LogP contribution >= 0.6 is 0 Å². The van der Waals surface area contributed by atoms with Crippen molar-refractivity contribution in [2.24, 2.45) is 5.10 Å². The van der Waals surface area contributed by atoms with E-state index in [2.05, 4.69) is 16.5 Å². The molecule has 27 heavy (non-hydrogen) atoms. The van der Waals surface area contributed by atoms with Crippen molar-refractivity contribution < 1.29 is 13.6 Å². The van der Waals surface area contributed by atoms with Crippen LogP contribution in [0.3, 0.4) is 0 Å². The van der Waals surface area contributed by atoms with E-state index in [1.54, 1.807) is 48.9 Å². The van der Waals surface area contributed by atoms with Crippen LogP contribution in [0, 0.1) is 11.3 Å². The molecule has 1 N–H and O–H groups in total. The molecule has 3 heterocycles. The van der Waals surface area contributed by atoms with Crippen molar-refractivity contribution in [1.82, 2.24) is 5.01 Å². The Bertz CT molecular complexity index is 983. The summed E-state index contributed by atoms with van der Waals surface area (Å²) in [7, 11) is 0. The lowest BCUT2D eigenvalue weighted by molar-refractivity contribution is -0.131. The number of carbonyl (C=O) groups is 1. The zero-order valence-electron chi connectivity index (χ0n) is 14.3. The maximum absolute atomic E-state index is 12.8. The summed E-state index contributed by atoms with van der Waals surface area (Å²) in [5.74, 6) is 1.12. The number of amides is 1. The van der Waals surface area contributed by atoms with E-state index in [1.807, 2.05) is 12.1 Å². The molecule has 0 bridgehead atoms. The molecular weight excluding hydrogens is 344 g/mol. The van der Waals surface area contributed by atoms with Gasteiger partial charge in [-0.2, -0.15) is 10.4 Å². The highest BCUT2D eigenvalue weighted by Gasteiger charge is 2.35. The van der Waals surface area contributed by atoms with E-state index < -0.39 is 0 Å². The van der Waals surface area contributed by atoms with Crippen molar-refractivity contribution in [3.8, 4) is 6.07 Å². The van der Waals surface area contributed by atoms with Crippen LogP contribution in [0.4, 0.5) is 5.69 Å². The predicted molar refractivity (Wildman–Crippen MR) is 97.8 cm³/mol. The molecular formula is C20H16N4O3. The lowest BCUT2D eigenvalue weighted by Gasteiger charge is -2.20. The average Bonchev–Trinajstić information content (AvgIpc) is 3.46. The van der Waals surface area contributed by atoms with E-state index in [9.17, 15) is 4.79 Å². The van der Waals surface area contributed by atoms with E-state index in [1.165, 1.54) is 5.01 Å². The summed E-state index contributed by atoms with van der Waals surface area (Å²) < 4.78 is 10.9. The number of nitrogens with one attached hydrogen (secondary N) is 1. The van der Waals surface area contributed by atoms with Crippen molar-refractivity contribution in [2.45, 2.75) is 12.5 Å². The third-order valence-corrected chi connectivity index (χ3v) is 4.30. The number of nitriles is 1. The van der Waals surface area contributed by atoms with Gasteiger partial charge >= 0.3 is 0 Å². The van der Waals surface area contributed by atoms with Gasteiger partial charge in [0.2, 0.25) is 0 Å². The van der Waals surface area contributed by atoms with Crippen LogP contribution in [0.2, 0.25) is 0 Å². The first-order valence-corrected chi connectivity index (χ1v) is 8.45. The first kappa shape index (κ1) is 16.7. The average molecular weight is 360 g/mol. The molecule has 1 aliphatic heterocycles. The SMILES string of the molecule is N#Cc1ccc(NCC(=O)N2N=C(c3ccco3)C[C@H]2c2ccco2)cc1. The number of benzene rings is 1. The minimum absolute atomic E-state index is 0.0675. The Hall–Kier alpha value is -3.79. The molecule has 1 amide bonds. The van der Waals surface area contributed by atoms with E-state index in [0.29, 0.717) is 29.2 Å². The largest absolute Gasteiger partial charge is 0.467 e. The first-order chi connectivity index (χ1) is 13.2. The number of carbonyl (C=O) groups excluding carboxylic acids is 1. The smallest absolute Gasteiger partial charge is 0.262 e. The van der Waals surface area contributed by atoms with Gasteiger partial charge in [-0.3, -0.25) is 4.79 Å². The Balaban J connectivity index is 1.50. The zero-order chi connectivity index (χ0) is 18.6. The highest BCUT2D eigenvalue weighted by atomic mass is 16.3. The molecule has 3 aromatic rings. The number of hydrogen-bond donors (Lipinski definition) is 1. The van der Waals surface area contributed by atoms with Crippen LogP contribution in [0.5, 0.6) is 0 Å². The van der Waals surface area contributed by atoms with Gasteiger partial charge in [-0.15, -0.1) is 0 Å². The fraction of sp³-hybridized carbons (Fsp3) is 0.150. The maximum atomic E-state index is 12.8. The summed E-state index contributed by atoms with van der Waals surface area (Å²) >= 11 is 0. The second-order valence-corrected chi connectivity index (χ2v) is 6.04. The van der Waals surface area contributed by atoms with Crippen LogP contribution in [0.15, 0.2) is 75.0 Å². The summed E-state index contributed by atoms with van der Waals surface area (Å²) in [5, 5.41) is 17.8. The Morgan fingerprint density at radius 3 is 2.63 bits per heavy atom.